The first-order valence-corrected chi connectivity index (χ1v) is 9.54. The summed E-state index contributed by atoms with van der Waals surface area (Å²) < 4.78 is 21.2. The molecule has 2 aromatic carbocycles. The minimum absolute atomic E-state index is 0.468. The van der Waals surface area contributed by atoms with Gasteiger partial charge in [-0.05, 0) is 24.3 Å². The lowest BCUT2D eigenvalue weighted by molar-refractivity contribution is -0.291. The smallest absolute Gasteiger partial charge is 0.412 e. The number of nitrogens with one attached hydrogen (secondary N) is 2. The molecule has 0 aromatic heterocycles. The molecule has 0 bridgehead atoms. The Morgan fingerprint density at radius 3 is 1.84 bits per heavy atom. The number of hydrogen-bond acceptors (Lipinski definition) is 8. The molecule has 1 aliphatic heterocycles. The number of ether oxygens (including phenoxy) is 4. The number of methoxy groups -OCH3 is 1. The number of amides is 2. The summed E-state index contributed by atoms with van der Waals surface area (Å²) in [6.07, 6.45) is -8.24. The molecule has 0 radical (unpaired) electrons. The minimum Gasteiger partial charge on any atom is -0.439 e. The van der Waals surface area contributed by atoms with Crippen molar-refractivity contribution in [3.63, 3.8) is 0 Å². The lowest BCUT2D eigenvalue weighted by Gasteiger charge is -2.42. The second-order valence-electron chi connectivity index (χ2n) is 6.67. The zero-order valence-electron chi connectivity index (χ0n) is 16.7. The van der Waals surface area contributed by atoms with Crippen LogP contribution >= 0.6 is 0 Å². The average molecular weight is 432 g/mol. The standard InChI is InChI=1S/C21H24N2O8/c1-28-19-16(25)18(31-21(27)23-14-10-6-3-7-11-14)17(15(12-24)29-19)30-20(26)22-13-8-4-2-5-9-13/h2-11,15-19,24-25H,12H2,1H3,(H,22,26)(H,23,27)/t15-,16-,17+,18-,19+/m0/s1. The maximum atomic E-state index is 12.4. The molecule has 3 rings (SSSR count). The highest BCUT2D eigenvalue weighted by Gasteiger charge is 2.50. The fraction of sp³-hybridized carbons (Fsp3) is 0.333. The first-order chi connectivity index (χ1) is 15.0. The van der Waals surface area contributed by atoms with E-state index >= 15 is 0 Å². The summed E-state index contributed by atoms with van der Waals surface area (Å²) in [6, 6.07) is 17.1. The van der Waals surface area contributed by atoms with Crippen molar-refractivity contribution >= 4 is 23.6 Å². The van der Waals surface area contributed by atoms with E-state index < -0.39 is 49.5 Å². The quantitative estimate of drug-likeness (QED) is 0.544. The van der Waals surface area contributed by atoms with Crippen LogP contribution in [0.3, 0.4) is 0 Å². The van der Waals surface area contributed by atoms with Gasteiger partial charge in [0, 0.05) is 18.5 Å². The molecule has 10 heteroatoms. The van der Waals surface area contributed by atoms with Gasteiger partial charge in [0.1, 0.15) is 12.2 Å². The maximum absolute atomic E-state index is 12.4. The van der Waals surface area contributed by atoms with Crippen molar-refractivity contribution in [1.29, 1.82) is 0 Å². The van der Waals surface area contributed by atoms with Gasteiger partial charge in [-0.25, -0.2) is 9.59 Å². The number of carbonyl (C=O) groups is 2. The van der Waals surface area contributed by atoms with Gasteiger partial charge in [-0.1, -0.05) is 36.4 Å². The van der Waals surface area contributed by atoms with Gasteiger partial charge in [0.25, 0.3) is 0 Å². The Hall–Kier alpha value is -3.18. The Morgan fingerprint density at radius 1 is 0.903 bits per heavy atom. The number of anilines is 2. The molecule has 2 amide bonds. The molecule has 10 nitrogen and oxygen atoms in total. The van der Waals surface area contributed by atoms with Crippen molar-refractivity contribution < 1.29 is 38.7 Å². The first kappa shape index (κ1) is 22.5. The lowest BCUT2D eigenvalue weighted by Crippen LogP contribution is -2.62. The number of rotatable bonds is 6. The highest BCUT2D eigenvalue weighted by molar-refractivity contribution is 5.85. The molecule has 2 aromatic rings. The Bertz CT molecular complexity index is 851. The van der Waals surface area contributed by atoms with E-state index in [0.29, 0.717) is 11.4 Å². The highest BCUT2D eigenvalue weighted by atomic mass is 16.7. The van der Waals surface area contributed by atoms with Crippen molar-refractivity contribution in [3.8, 4) is 0 Å². The average Bonchev–Trinajstić information content (AvgIpc) is 2.77. The number of benzene rings is 2. The van der Waals surface area contributed by atoms with Crippen LogP contribution in [0.15, 0.2) is 60.7 Å². The van der Waals surface area contributed by atoms with Crippen LogP contribution in [0.1, 0.15) is 0 Å². The lowest BCUT2D eigenvalue weighted by atomic mass is 9.98. The van der Waals surface area contributed by atoms with Crippen LogP contribution in [-0.2, 0) is 18.9 Å². The Kier molecular flexibility index (Phi) is 7.79. The third kappa shape index (κ3) is 5.92. The van der Waals surface area contributed by atoms with Crippen LogP contribution in [0.2, 0.25) is 0 Å². The maximum Gasteiger partial charge on any atom is 0.412 e. The molecular weight excluding hydrogens is 408 g/mol. The van der Waals surface area contributed by atoms with Gasteiger partial charge >= 0.3 is 12.2 Å². The van der Waals surface area contributed by atoms with Gasteiger partial charge in [0.15, 0.2) is 18.5 Å². The molecule has 1 heterocycles. The van der Waals surface area contributed by atoms with Crippen LogP contribution in [0.25, 0.3) is 0 Å². The van der Waals surface area contributed by atoms with E-state index in [1.807, 2.05) is 0 Å². The summed E-state index contributed by atoms with van der Waals surface area (Å²) in [6.45, 7) is -0.573. The van der Waals surface area contributed by atoms with E-state index in [4.69, 9.17) is 18.9 Å². The molecule has 1 aliphatic rings. The second kappa shape index (κ2) is 10.7. The van der Waals surface area contributed by atoms with Crippen LogP contribution in [0.5, 0.6) is 0 Å². The molecule has 31 heavy (non-hydrogen) atoms. The van der Waals surface area contributed by atoms with Crippen LogP contribution < -0.4 is 10.6 Å². The Balaban J connectivity index is 1.74. The van der Waals surface area contributed by atoms with Crippen LogP contribution in [-0.4, -0.2) is 66.8 Å². The van der Waals surface area contributed by atoms with Gasteiger partial charge in [0.2, 0.25) is 0 Å². The van der Waals surface area contributed by atoms with E-state index in [1.54, 1.807) is 60.7 Å². The summed E-state index contributed by atoms with van der Waals surface area (Å²) in [7, 11) is 1.28. The van der Waals surface area contributed by atoms with E-state index in [1.165, 1.54) is 7.11 Å². The normalized spacial score (nSPS) is 25.3. The Morgan fingerprint density at radius 2 is 1.39 bits per heavy atom. The number of carbonyl (C=O) groups excluding carboxylic acids is 2. The second-order valence-corrected chi connectivity index (χ2v) is 6.67. The van der Waals surface area contributed by atoms with Crippen molar-refractivity contribution in [2.75, 3.05) is 24.4 Å². The highest BCUT2D eigenvalue weighted by Crippen LogP contribution is 2.27. The molecule has 166 valence electrons. The van der Waals surface area contributed by atoms with Crippen LogP contribution in [0.4, 0.5) is 21.0 Å². The molecular formula is C21H24N2O8. The monoisotopic (exact) mass is 432 g/mol. The van der Waals surface area contributed by atoms with Crippen LogP contribution in [0, 0.1) is 0 Å². The predicted octanol–water partition coefficient (Wildman–Crippen LogP) is 1.95. The van der Waals surface area contributed by atoms with E-state index in [0.717, 1.165) is 0 Å². The predicted molar refractivity (Wildman–Crippen MR) is 109 cm³/mol. The van der Waals surface area contributed by atoms with Gasteiger partial charge in [-0.2, -0.15) is 0 Å². The molecule has 1 saturated heterocycles. The molecule has 4 N–H and O–H groups in total. The van der Waals surface area contributed by atoms with Crippen molar-refractivity contribution in [1.82, 2.24) is 0 Å². The topological polar surface area (TPSA) is 136 Å². The van der Waals surface area contributed by atoms with E-state index in [2.05, 4.69) is 10.6 Å². The van der Waals surface area contributed by atoms with Crippen molar-refractivity contribution in [3.05, 3.63) is 60.7 Å². The molecule has 0 unspecified atom stereocenters. The fourth-order valence-electron chi connectivity index (χ4n) is 3.10. The van der Waals surface area contributed by atoms with Gasteiger partial charge in [0.05, 0.1) is 6.61 Å². The number of hydrogen-bond donors (Lipinski definition) is 4. The fourth-order valence-corrected chi connectivity index (χ4v) is 3.10. The summed E-state index contributed by atoms with van der Waals surface area (Å²) in [5, 5.41) is 25.3. The first-order valence-electron chi connectivity index (χ1n) is 9.54. The SMILES string of the molecule is CO[C@@H]1O[C@@H](CO)[C@@H](OC(=O)Nc2ccccc2)[C@@H](OC(=O)Nc2ccccc2)[C@@H]1O. The zero-order chi connectivity index (χ0) is 22.2. The van der Waals surface area contributed by atoms with Gasteiger partial charge < -0.3 is 29.2 Å². The summed E-state index contributed by atoms with van der Waals surface area (Å²) >= 11 is 0. The third-order valence-corrected chi connectivity index (χ3v) is 4.55. The van der Waals surface area contributed by atoms with Crippen molar-refractivity contribution in [2.24, 2.45) is 0 Å². The number of para-hydroxylation sites is 2. The molecule has 0 aliphatic carbocycles. The molecule has 5 atom stereocenters. The largest absolute Gasteiger partial charge is 0.439 e. The zero-order valence-corrected chi connectivity index (χ0v) is 16.7. The third-order valence-electron chi connectivity index (χ3n) is 4.55. The molecule has 1 fully saturated rings. The van der Waals surface area contributed by atoms with Gasteiger partial charge in [-0.15, -0.1) is 0 Å². The molecule has 0 spiro atoms. The number of aliphatic hydroxyl groups excluding tert-OH is 2. The summed E-state index contributed by atoms with van der Waals surface area (Å²) in [4.78, 5) is 24.8. The Labute approximate surface area is 178 Å². The van der Waals surface area contributed by atoms with Crippen molar-refractivity contribution in [2.45, 2.75) is 30.7 Å². The molecule has 0 saturated carbocycles. The summed E-state index contributed by atoms with van der Waals surface area (Å²) in [5.74, 6) is 0. The van der Waals surface area contributed by atoms with Gasteiger partial charge in [-0.3, -0.25) is 10.6 Å². The number of aliphatic hydroxyl groups is 2. The minimum atomic E-state index is -1.48. The van der Waals surface area contributed by atoms with E-state index in [-0.39, 0.29) is 0 Å². The summed E-state index contributed by atoms with van der Waals surface area (Å²) in [5.41, 5.74) is 0.940. The van der Waals surface area contributed by atoms with E-state index in [9.17, 15) is 19.8 Å².